The molecule has 3 heteroatoms. The zero-order chi connectivity index (χ0) is 13.5. The van der Waals surface area contributed by atoms with Crippen molar-refractivity contribution in [3.05, 3.63) is 72.3 Å². The summed E-state index contributed by atoms with van der Waals surface area (Å²) in [6.07, 6.45) is 1.62. The molecule has 0 saturated heterocycles. The van der Waals surface area contributed by atoms with Crippen LogP contribution < -0.4 is 3.61 Å². The fraction of sp³-hybridized carbons (Fsp3) is 0.0625. The topological polar surface area (TPSA) is 26.3 Å². The van der Waals surface area contributed by atoms with Crippen molar-refractivity contribution in [3.63, 3.8) is 0 Å². The van der Waals surface area contributed by atoms with Gasteiger partial charge in [-0.05, 0) is 0 Å². The Labute approximate surface area is 123 Å². The minimum absolute atomic E-state index is 0.292. The van der Waals surface area contributed by atoms with Crippen molar-refractivity contribution in [2.45, 2.75) is 0 Å². The standard InChI is InChI=1S/C16H14O2Te/c1-18-16(17)12-15(13-8-4-2-5-9-13)19-14-10-6-3-7-11-14/h2-12H,1H3/b15-12-. The van der Waals surface area contributed by atoms with Gasteiger partial charge >= 0.3 is 123 Å². The summed E-state index contributed by atoms with van der Waals surface area (Å²) in [5.41, 5.74) is 1.10. The van der Waals surface area contributed by atoms with Gasteiger partial charge in [0.25, 0.3) is 0 Å². The Morgan fingerprint density at radius 2 is 1.58 bits per heavy atom. The Kier molecular flexibility index (Phi) is 5.20. The van der Waals surface area contributed by atoms with E-state index < -0.39 is 20.9 Å². The van der Waals surface area contributed by atoms with Gasteiger partial charge in [0.1, 0.15) is 0 Å². The van der Waals surface area contributed by atoms with E-state index in [1.54, 1.807) is 6.08 Å². The van der Waals surface area contributed by atoms with Gasteiger partial charge in [-0.25, -0.2) is 0 Å². The van der Waals surface area contributed by atoms with Crippen LogP contribution in [-0.4, -0.2) is 34.0 Å². The molecule has 0 heterocycles. The molecule has 0 bridgehead atoms. The summed E-state index contributed by atoms with van der Waals surface area (Å²) in [6, 6.07) is 20.3. The molecule has 0 atom stereocenters. The van der Waals surface area contributed by atoms with Crippen molar-refractivity contribution < 1.29 is 9.53 Å². The number of hydrogen-bond donors (Lipinski definition) is 0. The van der Waals surface area contributed by atoms with Gasteiger partial charge in [-0.1, -0.05) is 0 Å². The fourth-order valence-corrected chi connectivity index (χ4v) is 4.28. The molecule has 0 aliphatic heterocycles. The summed E-state index contributed by atoms with van der Waals surface area (Å²) in [4.78, 5) is 11.5. The van der Waals surface area contributed by atoms with Gasteiger partial charge in [-0.2, -0.15) is 0 Å². The summed E-state index contributed by atoms with van der Waals surface area (Å²) >= 11 is -0.598. The van der Waals surface area contributed by atoms with Crippen molar-refractivity contribution in [1.29, 1.82) is 0 Å². The molecule has 0 amide bonds. The van der Waals surface area contributed by atoms with Crippen LogP contribution in [0, 0.1) is 0 Å². The molecule has 2 rings (SSSR count). The monoisotopic (exact) mass is 368 g/mol. The molecule has 19 heavy (non-hydrogen) atoms. The number of rotatable bonds is 4. The predicted molar refractivity (Wildman–Crippen MR) is 78.3 cm³/mol. The third-order valence-corrected chi connectivity index (χ3v) is 5.57. The maximum absolute atomic E-state index is 11.5. The van der Waals surface area contributed by atoms with Crippen LogP contribution in [0.1, 0.15) is 5.56 Å². The van der Waals surface area contributed by atoms with Crippen LogP contribution in [0.2, 0.25) is 0 Å². The summed E-state index contributed by atoms with van der Waals surface area (Å²) < 4.78 is 7.13. The Morgan fingerprint density at radius 3 is 2.16 bits per heavy atom. The van der Waals surface area contributed by atoms with E-state index in [4.69, 9.17) is 4.74 Å². The van der Waals surface area contributed by atoms with Gasteiger partial charge < -0.3 is 0 Å². The van der Waals surface area contributed by atoms with E-state index in [0.717, 1.165) is 9.18 Å². The first-order chi connectivity index (χ1) is 9.29. The van der Waals surface area contributed by atoms with Crippen LogP contribution in [-0.2, 0) is 9.53 Å². The van der Waals surface area contributed by atoms with E-state index in [1.165, 1.54) is 10.7 Å². The maximum atomic E-state index is 11.5. The van der Waals surface area contributed by atoms with Crippen LogP contribution in [0.3, 0.4) is 0 Å². The molecule has 0 N–H and O–H groups in total. The molecule has 2 aromatic rings. The molecule has 0 saturated carbocycles. The summed E-state index contributed by atoms with van der Waals surface area (Å²) in [5.74, 6) is -0.292. The molecule has 0 aliphatic carbocycles. The molecule has 2 aromatic carbocycles. The molecule has 0 unspecified atom stereocenters. The van der Waals surface area contributed by atoms with E-state index in [9.17, 15) is 4.79 Å². The van der Waals surface area contributed by atoms with E-state index in [2.05, 4.69) is 12.1 Å². The SMILES string of the molecule is COC(=O)/C=C(\[Te]c1ccccc1)c1ccccc1. The fourth-order valence-electron chi connectivity index (χ4n) is 1.56. The van der Waals surface area contributed by atoms with E-state index in [1.807, 2.05) is 48.5 Å². The molecular weight excluding hydrogens is 352 g/mol. The molecule has 2 nitrogen and oxygen atoms in total. The number of ether oxygens (including phenoxy) is 1. The van der Waals surface area contributed by atoms with Crippen molar-refractivity contribution in [1.82, 2.24) is 0 Å². The summed E-state index contributed by atoms with van der Waals surface area (Å²) in [7, 11) is 1.41. The summed E-state index contributed by atoms with van der Waals surface area (Å²) in [6.45, 7) is 0. The number of esters is 1. The van der Waals surface area contributed by atoms with Crippen LogP contribution in [0.4, 0.5) is 0 Å². The van der Waals surface area contributed by atoms with E-state index >= 15 is 0 Å². The first-order valence-corrected chi connectivity index (χ1v) is 8.20. The zero-order valence-corrected chi connectivity index (χ0v) is 12.9. The van der Waals surface area contributed by atoms with Gasteiger partial charge in [0.2, 0.25) is 0 Å². The molecular formula is C16H14O2Te. The van der Waals surface area contributed by atoms with Crippen molar-refractivity contribution in [2.75, 3.05) is 7.11 Å². The molecule has 0 spiro atoms. The van der Waals surface area contributed by atoms with Crippen LogP contribution in [0.15, 0.2) is 66.7 Å². The second kappa shape index (κ2) is 7.13. The second-order valence-corrected chi connectivity index (χ2v) is 7.00. The molecule has 96 valence electrons. The van der Waals surface area contributed by atoms with E-state index in [-0.39, 0.29) is 5.97 Å². The normalized spacial score (nSPS) is 11.1. The first-order valence-electron chi connectivity index (χ1n) is 5.87. The number of benzene rings is 2. The molecule has 0 radical (unpaired) electrons. The number of methoxy groups -OCH3 is 1. The second-order valence-electron chi connectivity index (χ2n) is 3.81. The molecule has 0 fully saturated rings. The third-order valence-electron chi connectivity index (χ3n) is 2.48. The Hall–Kier alpha value is -1.56. The summed E-state index contributed by atoms with van der Waals surface area (Å²) in [5, 5.41) is 0. The van der Waals surface area contributed by atoms with Crippen molar-refractivity contribution >= 4 is 34.1 Å². The van der Waals surface area contributed by atoms with E-state index in [0.29, 0.717) is 0 Å². The average molecular weight is 366 g/mol. The van der Waals surface area contributed by atoms with Crippen molar-refractivity contribution in [2.24, 2.45) is 0 Å². The van der Waals surface area contributed by atoms with Gasteiger partial charge in [-0.3, -0.25) is 0 Å². The third kappa shape index (κ3) is 4.24. The Bertz CT molecular complexity index is 562. The number of carbonyl (C=O) groups is 1. The number of hydrogen-bond acceptors (Lipinski definition) is 2. The average Bonchev–Trinajstić information content (AvgIpc) is 2.48. The molecule has 0 aromatic heterocycles. The van der Waals surface area contributed by atoms with Gasteiger partial charge in [0.05, 0.1) is 0 Å². The zero-order valence-electron chi connectivity index (χ0n) is 10.6. The van der Waals surface area contributed by atoms with Crippen molar-refractivity contribution in [3.8, 4) is 0 Å². The van der Waals surface area contributed by atoms with Crippen LogP contribution >= 0.6 is 0 Å². The van der Waals surface area contributed by atoms with Crippen LogP contribution in [0.25, 0.3) is 3.62 Å². The predicted octanol–water partition coefficient (Wildman–Crippen LogP) is 2.23. The molecule has 0 aliphatic rings. The van der Waals surface area contributed by atoms with Gasteiger partial charge in [0, 0.05) is 0 Å². The Morgan fingerprint density at radius 1 is 1.00 bits per heavy atom. The van der Waals surface area contributed by atoms with Crippen LogP contribution in [0.5, 0.6) is 0 Å². The van der Waals surface area contributed by atoms with Gasteiger partial charge in [0.15, 0.2) is 0 Å². The van der Waals surface area contributed by atoms with Gasteiger partial charge in [-0.15, -0.1) is 0 Å². The first kappa shape index (κ1) is 13.9. The number of carbonyl (C=O) groups excluding carboxylic acids is 1. The minimum atomic E-state index is -0.598. The quantitative estimate of drug-likeness (QED) is 0.472. The Balaban J connectivity index is 2.30.